The van der Waals surface area contributed by atoms with E-state index < -0.39 is 0 Å². The molecule has 1 aromatic rings. The van der Waals surface area contributed by atoms with Crippen LogP contribution >= 0.6 is 0 Å². The van der Waals surface area contributed by atoms with Crippen LogP contribution in [-0.4, -0.2) is 31.6 Å². The molecule has 1 unspecified atom stereocenters. The minimum absolute atomic E-state index is 0.433. The molecule has 120 valence electrons. The molecule has 1 atom stereocenters. The molecule has 2 nitrogen and oxygen atoms in total. The number of nitrogens with one attached hydrogen (secondary N) is 1. The Labute approximate surface area is 131 Å². The van der Waals surface area contributed by atoms with Crippen molar-refractivity contribution in [3.63, 3.8) is 0 Å². The first-order valence-electron chi connectivity index (χ1n) is 8.43. The maximum atomic E-state index is 3.72. The van der Waals surface area contributed by atoms with Crippen molar-refractivity contribution < 1.29 is 0 Å². The van der Waals surface area contributed by atoms with Crippen LogP contribution in [0.4, 0.5) is 0 Å². The van der Waals surface area contributed by atoms with Crippen molar-refractivity contribution in [2.24, 2.45) is 5.92 Å². The fourth-order valence-corrected chi connectivity index (χ4v) is 2.69. The van der Waals surface area contributed by atoms with Crippen LogP contribution in [0, 0.1) is 19.8 Å². The third kappa shape index (κ3) is 6.62. The van der Waals surface area contributed by atoms with Crippen molar-refractivity contribution in [3.8, 4) is 0 Å². The van der Waals surface area contributed by atoms with Gasteiger partial charge in [-0.2, -0.15) is 0 Å². The monoisotopic (exact) mass is 290 g/mol. The van der Waals surface area contributed by atoms with E-state index in [1.807, 2.05) is 0 Å². The highest BCUT2D eigenvalue weighted by atomic mass is 15.1. The first-order chi connectivity index (χ1) is 9.93. The van der Waals surface area contributed by atoms with Gasteiger partial charge in [0.05, 0.1) is 0 Å². The summed E-state index contributed by atoms with van der Waals surface area (Å²) in [6.07, 6.45) is 2.45. The van der Waals surface area contributed by atoms with Crippen molar-refractivity contribution in [1.82, 2.24) is 10.2 Å². The standard InChI is InChI=1S/C19H34N2/c1-7-11-20-19(14-21(6)12-10-15(2)3)18-9-8-16(4)13-17(18)5/h8-9,13,15,19-20H,7,10-12,14H2,1-6H3. The Balaban J connectivity index is 2.74. The van der Waals surface area contributed by atoms with Gasteiger partial charge in [-0.3, -0.25) is 0 Å². The first kappa shape index (κ1) is 18.2. The normalized spacial score (nSPS) is 13.1. The molecular formula is C19H34N2. The van der Waals surface area contributed by atoms with Gasteiger partial charge in [0.25, 0.3) is 0 Å². The van der Waals surface area contributed by atoms with Gasteiger partial charge in [0.1, 0.15) is 0 Å². The predicted octanol–water partition coefficient (Wildman–Crippen LogP) is 4.32. The highest BCUT2D eigenvalue weighted by molar-refractivity contribution is 5.33. The van der Waals surface area contributed by atoms with E-state index in [2.05, 4.69) is 70.1 Å². The molecule has 21 heavy (non-hydrogen) atoms. The van der Waals surface area contributed by atoms with Gasteiger partial charge < -0.3 is 10.2 Å². The van der Waals surface area contributed by atoms with E-state index in [-0.39, 0.29) is 0 Å². The van der Waals surface area contributed by atoms with E-state index in [9.17, 15) is 0 Å². The molecule has 0 aliphatic rings. The lowest BCUT2D eigenvalue weighted by Crippen LogP contribution is -2.34. The second-order valence-electron chi connectivity index (χ2n) is 6.81. The zero-order valence-corrected chi connectivity index (χ0v) is 14.9. The molecule has 0 heterocycles. The average Bonchev–Trinajstić information content (AvgIpc) is 2.41. The van der Waals surface area contributed by atoms with E-state index in [4.69, 9.17) is 0 Å². The van der Waals surface area contributed by atoms with Gasteiger partial charge in [-0.15, -0.1) is 0 Å². The van der Waals surface area contributed by atoms with Crippen LogP contribution < -0.4 is 5.32 Å². The summed E-state index contributed by atoms with van der Waals surface area (Å²) in [5.41, 5.74) is 4.20. The van der Waals surface area contributed by atoms with Gasteiger partial charge in [0, 0.05) is 12.6 Å². The fraction of sp³-hybridized carbons (Fsp3) is 0.684. The van der Waals surface area contributed by atoms with Crippen molar-refractivity contribution in [2.75, 3.05) is 26.7 Å². The number of benzene rings is 1. The molecule has 0 saturated heterocycles. The Morgan fingerprint density at radius 2 is 1.90 bits per heavy atom. The van der Waals surface area contributed by atoms with Crippen LogP contribution in [0.1, 0.15) is 56.3 Å². The first-order valence-corrected chi connectivity index (χ1v) is 8.43. The molecule has 1 aromatic carbocycles. The molecule has 0 aromatic heterocycles. The minimum atomic E-state index is 0.433. The maximum absolute atomic E-state index is 3.72. The van der Waals surface area contributed by atoms with E-state index in [0.717, 1.165) is 19.0 Å². The molecule has 0 bridgehead atoms. The molecule has 2 heteroatoms. The molecule has 0 aliphatic carbocycles. The van der Waals surface area contributed by atoms with Crippen LogP contribution in [0.3, 0.4) is 0 Å². The molecule has 1 rings (SSSR count). The van der Waals surface area contributed by atoms with Crippen molar-refractivity contribution in [1.29, 1.82) is 0 Å². The fourth-order valence-electron chi connectivity index (χ4n) is 2.69. The lowest BCUT2D eigenvalue weighted by molar-refractivity contribution is 0.274. The highest BCUT2D eigenvalue weighted by Gasteiger charge is 2.15. The quantitative estimate of drug-likeness (QED) is 0.728. The number of rotatable bonds is 9. The Hall–Kier alpha value is -0.860. The second-order valence-corrected chi connectivity index (χ2v) is 6.81. The predicted molar refractivity (Wildman–Crippen MR) is 93.9 cm³/mol. The summed E-state index contributed by atoms with van der Waals surface area (Å²) in [7, 11) is 2.24. The number of hydrogen-bond acceptors (Lipinski definition) is 2. The molecule has 0 radical (unpaired) electrons. The van der Waals surface area contributed by atoms with Gasteiger partial charge in [-0.25, -0.2) is 0 Å². The molecule has 1 N–H and O–H groups in total. The highest BCUT2D eigenvalue weighted by Crippen LogP contribution is 2.20. The Morgan fingerprint density at radius 1 is 1.19 bits per heavy atom. The van der Waals surface area contributed by atoms with E-state index in [0.29, 0.717) is 6.04 Å². The molecular weight excluding hydrogens is 256 g/mol. The van der Waals surface area contributed by atoms with E-state index in [1.54, 1.807) is 0 Å². The smallest absolute Gasteiger partial charge is 0.0451 e. The Morgan fingerprint density at radius 3 is 2.48 bits per heavy atom. The van der Waals surface area contributed by atoms with E-state index in [1.165, 1.54) is 36.1 Å². The summed E-state index contributed by atoms with van der Waals surface area (Å²) in [4.78, 5) is 2.46. The number of nitrogens with zero attached hydrogens (tertiary/aromatic N) is 1. The summed E-state index contributed by atoms with van der Waals surface area (Å²) < 4.78 is 0. The van der Waals surface area contributed by atoms with Gasteiger partial charge >= 0.3 is 0 Å². The van der Waals surface area contributed by atoms with Crippen molar-refractivity contribution in [2.45, 2.75) is 53.5 Å². The van der Waals surface area contributed by atoms with Crippen LogP contribution in [0.15, 0.2) is 18.2 Å². The maximum Gasteiger partial charge on any atom is 0.0451 e. The summed E-state index contributed by atoms with van der Waals surface area (Å²) in [6, 6.07) is 7.26. The number of likely N-dealkylation sites (N-methyl/N-ethyl adjacent to an activating group) is 1. The summed E-state index contributed by atoms with van der Waals surface area (Å²) >= 11 is 0. The van der Waals surface area contributed by atoms with Crippen molar-refractivity contribution >= 4 is 0 Å². The lowest BCUT2D eigenvalue weighted by atomic mass is 9.98. The van der Waals surface area contributed by atoms with Gasteiger partial charge in [0.2, 0.25) is 0 Å². The van der Waals surface area contributed by atoms with Crippen LogP contribution in [0.25, 0.3) is 0 Å². The largest absolute Gasteiger partial charge is 0.309 e. The van der Waals surface area contributed by atoms with Gasteiger partial charge in [-0.05, 0) is 63.9 Å². The van der Waals surface area contributed by atoms with Crippen molar-refractivity contribution in [3.05, 3.63) is 34.9 Å². The zero-order chi connectivity index (χ0) is 15.8. The Kier molecular flexibility index (Phi) is 7.98. The molecule has 0 spiro atoms. The third-order valence-corrected chi connectivity index (χ3v) is 4.02. The lowest BCUT2D eigenvalue weighted by Gasteiger charge is -2.27. The van der Waals surface area contributed by atoms with E-state index >= 15 is 0 Å². The summed E-state index contributed by atoms with van der Waals surface area (Å²) in [5.74, 6) is 0.774. The number of aryl methyl sites for hydroxylation is 2. The van der Waals surface area contributed by atoms with Gasteiger partial charge in [0.15, 0.2) is 0 Å². The molecule has 0 amide bonds. The summed E-state index contributed by atoms with van der Waals surface area (Å²) in [5, 5.41) is 3.72. The average molecular weight is 290 g/mol. The zero-order valence-electron chi connectivity index (χ0n) is 14.9. The van der Waals surface area contributed by atoms with Crippen LogP contribution in [0.2, 0.25) is 0 Å². The molecule has 0 saturated carbocycles. The molecule has 0 aliphatic heterocycles. The number of hydrogen-bond donors (Lipinski definition) is 1. The summed E-state index contributed by atoms with van der Waals surface area (Å²) in [6.45, 7) is 14.6. The van der Waals surface area contributed by atoms with Crippen LogP contribution in [0.5, 0.6) is 0 Å². The SMILES string of the molecule is CCCNC(CN(C)CCC(C)C)c1ccc(C)cc1C. The topological polar surface area (TPSA) is 15.3 Å². The van der Waals surface area contributed by atoms with Crippen LogP contribution in [-0.2, 0) is 0 Å². The third-order valence-electron chi connectivity index (χ3n) is 4.02. The molecule has 0 fully saturated rings. The Bertz CT molecular complexity index is 412. The second kappa shape index (κ2) is 9.22. The minimum Gasteiger partial charge on any atom is -0.309 e. The van der Waals surface area contributed by atoms with Gasteiger partial charge in [-0.1, -0.05) is 44.5 Å².